The SMILES string of the molecule is CC(C)(C#N)Cc1ccc(CN)cc1. The van der Waals surface area contributed by atoms with Crippen LogP contribution in [0.15, 0.2) is 24.3 Å². The average Bonchev–Trinajstić information content (AvgIpc) is 2.19. The van der Waals surface area contributed by atoms with E-state index in [4.69, 9.17) is 11.0 Å². The van der Waals surface area contributed by atoms with Gasteiger partial charge in [0.2, 0.25) is 0 Å². The predicted molar refractivity (Wildman–Crippen MR) is 57.4 cm³/mol. The van der Waals surface area contributed by atoms with Crippen molar-refractivity contribution in [3.05, 3.63) is 35.4 Å². The molecule has 74 valence electrons. The Morgan fingerprint density at radius 3 is 2.14 bits per heavy atom. The molecule has 14 heavy (non-hydrogen) atoms. The smallest absolute Gasteiger partial charge is 0.0687 e. The third kappa shape index (κ3) is 2.86. The van der Waals surface area contributed by atoms with Gasteiger partial charge in [0.25, 0.3) is 0 Å². The fourth-order valence-electron chi connectivity index (χ4n) is 1.34. The van der Waals surface area contributed by atoms with Gasteiger partial charge in [-0.1, -0.05) is 24.3 Å². The second-order valence-corrected chi connectivity index (χ2v) is 4.19. The van der Waals surface area contributed by atoms with E-state index in [1.807, 2.05) is 38.1 Å². The number of rotatable bonds is 3. The van der Waals surface area contributed by atoms with Crippen LogP contribution in [-0.2, 0) is 13.0 Å². The highest BCUT2D eigenvalue weighted by Gasteiger charge is 2.16. The third-order valence-electron chi connectivity index (χ3n) is 2.21. The lowest BCUT2D eigenvalue weighted by Gasteiger charge is -2.14. The van der Waals surface area contributed by atoms with Crippen LogP contribution in [-0.4, -0.2) is 0 Å². The minimum atomic E-state index is -0.287. The summed E-state index contributed by atoms with van der Waals surface area (Å²) < 4.78 is 0. The Labute approximate surface area is 85.4 Å². The van der Waals surface area contributed by atoms with E-state index in [9.17, 15) is 0 Å². The molecule has 0 saturated heterocycles. The molecular formula is C12H16N2. The van der Waals surface area contributed by atoms with Crippen molar-refractivity contribution in [2.24, 2.45) is 11.1 Å². The zero-order chi connectivity index (χ0) is 10.6. The van der Waals surface area contributed by atoms with Gasteiger partial charge in [0.1, 0.15) is 0 Å². The first-order valence-electron chi connectivity index (χ1n) is 4.76. The summed E-state index contributed by atoms with van der Waals surface area (Å²) in [5.74, 6) is 0. The number of nitrogens with zero attached hydrogens (tertiary/aromatic N) is 1. The fourth-order valence-corrected chi connectivity index (χ4v) is 1.34. The van der Waals surface area contributed by atoms with Crippen LogP contribution in [0, 0.1) is 16.7 Å². The first-order chi connectivity index (χ1) is 6.57. The molecule has 0 saturated carbocycles. The molecule has 0 aliphatic carbocycles. The van der Waals surface area contributed by atoms with Gasteiger partial charge in [-0.25, -0.2) is 0 Å². The molecule has 0 spiro atoms. The van der Waals surface area contributed by atoms with Crippen molar-refractivity contribution in [2.45, 2.75) is 26.8 Å². The maximum absolute atomic E-state index is 8.89. The Hall–Kier alpha value is -1.33. The van der Waals surface area contributed by atoms with Crippen molar-refractivity contribution >= 4 is 0 Å². The summed E-state index contributed by atoms with van der Waals surface area (Å²) >= 11 is 0. The Morgan fingerprint density at radius 1 is 1.21 bits per heavy atom. The van der Waals surface area contributed by atoms with E-state index in [1.165, 1.54) is 5.56 Å². The highest BCUT2D eigenvalue weighted by molar-refractivity contribution is 5.24. The van der Waals surface area contributed by atoms with Gasteiger partial charge in [0.05, 0.1) is 11.5 Å². The quantitative estimate of drug-likeness (QED) is 0.790. The lowest BCUT2D eigenvalue weighted by molar-refractivity contribution is 0.493. The van der Waals surface area contributed by atoms with E-state index in [-0.39, 0.29) is 5.41 Å². The lowest BCUT2D eigenvalue weighted by Crippen LogP contribution is -2.11. The van der Waals surface area contributed by atoms with Crippen LogP contribution >= 0.6 is 0 Å². The second kappa shape index (κ2) is 4.26. The van der Waals surface area contributed by atoms with Gasteiger partial charge in [0, 0.05) is 6.54 Å². The Bertz CT molecular complexity index is 330. The number of hydrogen-bond acceptors (Lipinski definition) is 2. The summed E-state index contributed by atoms with van der Waals surface area (Å²) in [6, 6.07) is 10.4. The van der Waals surface area contributed by atoms with E-state index < -0.39 is 0 Å². The predicted octanol–water partition coefficient (Wildman–Crippen LogP) is 2.24. The number of benzene rings is 1. The van der Waals surface area contributed by atoms with Crippen molar-refractivity contribution in [2.75, 3.05) is 0 Å². The van der Waals surface area contributed by atoms with Gasteiger partial charge >= 0.3 is 0 Å². The van der Waals surface area contributed by atoms with E-state index in [0.717, 1.165) is 12.0 Å². The standard InChI is InChI=1S/C12H16N2/c1-12(2,9-14)7-10-3-5-11(8-13)6-4-10/h3-6H,7-8,13H2,1-2H3. The molecule has 0 bridgehead atoms. The van der Waals surface area contributed by atoms with Crippen LogP contribution in [0.5, 0.6) is 0 Å². The van der Waals surface area contributed by atoms with Crippen LogP contribution in [0.1, 0.15) is 25.0 Å². The van der Waals surface area contributed by atoms with E-state index in [0.29, 0.717) is 6.54 Å². The molecular weight excluding hydrogens is 172 g/mol. The normalized spacial score (nSPS) is 11.0. The van der Waals surface area contributed by atoms with Crippen LogP contribution < -0.4 is 5.73 Å². The Morgan fingerprint density at radius 2 is 1.71 bits per heavy atom. The molecule has 0 aliphatic rings. The van der Waals surface area contributed by atoms with Crippen LogP contribution in [0.25, 0.3) is 0 Å². The molecule has 1 aromatic rings. The summed E-state index contributed by atoms with van der Waals surface area (Å²) in [6.45, 7) is 4.47. The maximum atomic E-state index is 8.89. The van der Waals surface area contributed by atoms with Crippen molar-refractivity contribution in [1.82, 2.24) is 0 Å². The molecule has 1 rings (SSSR count). The average molecular weight is 188 g/mol. The molecule has 2 heteroatoms. The topological polar surface area (TPSA) is 49.8 Å². The highest BCUT2D eigenvalue weighted by Crippen LogP contribution is 2.20. The van der Waals surface area contributed by atoms with Gasteiger partial charge in [-0.3, -0.25) is 0 Å². The Balaban J connectivity index is 2.75. The highest BCUT2D eigenvalue weighted by atomic mass is 14.5. The zero-order valence-corrected chi connectivity index (χ0v) is 8.75. The second-order valence-electron chi connectivity index (χ2n) is 4.19. The molecule has 0 fully saturated rings. The number of hydrogen-bond donors (Lipinski definition) is 1. The first kappa shape index (κ1) is 10.7. The van der Waals surface area contributed by atoms with Crippen molar-refractivity contribution in [3.63, 3.8) is 0 Å². The summed E-state index contributed by atoms with van der Waals surface area (Å²) in [6.07, 6.45) is 0.786. The summed E-state index contributed by atoms with van der Waals surface area (Å²) in [5, 5.41) is 8.89. The van der Waals surface area contributed by atoms with Crippen molar-refractivity contribution < 1.29 is 0 Å². The molecule has 0 heterocycles. The lowest BCUT2D eigenvalue weighted by atomic mass is 9.87. The zero-order valence-electron chi connectivity index (χ0n) is 8.75. The van der Waals surface area contributed by atoms with Gasteiger partial charge in [0.15, 0.2) is 0 Å². The van der Waals surface area contributed by atoms with Gasteiger partial charge in [-0.05, 0) is 31.4 Å². The van der Waals surface area contributed by atoms with Gasteiger partial charge < -0.3 is 5.73 Å². The van der Waals surface area contributed by atoms with Crippen LogP contribution in [0.4, 0.5) is 0 Å². The molecule has 1 aromatic carbocycles. The summed E-state index contributed by atoms with van der Waals surface area (Å²) in [7, 11) is 0. The maximum Gasteiger partial charge on any atom is 0.0687 e. The first-order valence-corrected chi connectivity index (χ1v) is 4.76. The minimum Gasteiger partial charge on any atom is -0.326 e. The van der Waals surface area contributed by atoms with Crippen LogP contribution in [0.2, 0.25) is 0 Å². The van der Waals surface area contributed by atoms with Crippen molar-refractivity contribution in [3.8, 4) is 6.07 Å². The van der Waals surface area contributed by atoms with E-state index in [1.54, 1.807) is 0 Å². The number of nitrogens with two attached hydrogens (primary N) is 1. The third-order valence-corrected chi connectivity index (χ3v) is 2.21. The van der Waals surface area contributed by atoms with Gasteiger partial charge in [-0.15, -0.1) is 0 Å². The van der Waals surface area contributed by atoms with Crippen LogP contribution in [0.3, 0.4) is 0 Å². The number of nitriles is 1. The molecule has 0 unspecified atom stereocenters. The van der Waals surface area contributed by atoms with E-state index >= 15 is 0 Å². The minimum absolute atomic E-state index is 0.287. The molecule has 0 aromatic heterocycles. The van der Waals surface area contributed by atoms with Crippen molar-refractivity contribution in [1.29, 1.82) is 5.26 Å². The molecule has 0 amide bonds. The van der Waals surface area contributed by atoms with E-state index in [2.05, 4.69) is 6.07 Å². The summed E-state index contributed by atoms with van der Waals surface area (Å²) in [5.41, 5.74) is 7.53. The monoisotopic (exact) mass is 188 g/mol. The van der Waals surface area contributed by atoms with Gasteiger partial charge in [-0.2, -0.15) is 5.26 Å². The summed E-state index contributed by atoms with van der Waals surface area (Å²) in [4.78, 5) is 0. The molecule has 0 radical (unpaired) electrons. The molecule has 2 N–H and O–H groups in total. The molecule has 0 atom stereocenters. The largest absolute Gasteiger partial charge is 0.326 e. The Kier molecular flexibility index (Phi) is 3.27. The molecule has 2 nitrogen and oxygen atoms in total. The fraction of sp³-hybridized carbons (Fsp3) is 0.417. The molecule has 0 aliphatic heterocycles.